The molecule has 2 aromatic carbocycles. The third kappa shape index (κ3) is 4.25. The van der Waals surface area contributed by atoms with E-state index in [0.717, 1.165) is 11.4 Å². The lowest BCUT2D eigenvalue weighted by Gasteiger charge is -2.23. The average molecular weight is 310 g/mol. The fourth-order valence-corrected chi connectivity index (χ4v) is 2.95. The summed E-state index contributed by atoms with van der Waals surface area (Å²) >= 11 is 0. The van der Waals surface area contributed by atoms with E-state index in [1.54, 1.807) is 12.1 Å². The van der Waals surface area contributed by atoms with Gasteiger partial charge in [0.2, 0.25) is 0 Å². The molecule has 0 unspecified atom stereocenters. The topological polar surface area (TPSA) is 61.4 Å². The second kappa shape index (κ2) is 7.18. The Balaban J connectivity index is 1.58. The Morgan fingerprint density at radius 2 is 1.48 bits per heavy atom. The summed E-state index contributed by atoms with van der Waals surface area (Å²) in [6, 6.07) is 14.6. The van der Waals surface area contributed by atoms with Crippen molar-refractivity contribution >= 4 is 17.3 Å². The first-order valence-electron chi connectivity index (χ1n) is 8.18. The van der Waals surface area contributed by atoms with Crippen LogP contribution < -0.4 is 10.6 Å². The number of benzene rings is 2. The molecule has 1 amide bonds. The number of carbonyl (C=O) groups excluding carboxylic acids is 1. The maximum Gasteiger partial charge on any atom is 0.255 e. The zero-order chi connectivity index (χ0) is 16.1. The van der Waals surface area contributed by atoms with E-state index in [-0.39, 0.29) is 11.7 Å². The maximum atomic E-state index is 12.1. The second-order valence-corrected chi connectivity index (χ2v) is 6.06. The van der Waals surface area contributed by atoms with Gasteiger partial charge in [0.1, 0.15) is 5.75 Å². The van der Waals surface area contributed by atoms with Crippen molar-refractivity contribution < 1.29 is 9.90 Å². The number of aromatic hydroxyl groups is 1. The molecule has 0 aromatic heterocycles. The minimum Gasteiger partial charge on any atom is -0.508 e. The predicted molar refractivity (Wildman–Crippen MR) is 93.0 cm³/mol. The van der Waals surface area contributed by atoms with Gasteiger partial charge in [0, 0.05) is 23.0 Å². The van der Waals surface area contributed by atoms with Crippen molar-refractivity contribution in [1.82, 2.24) is 0 Å². The summed E-state index contributed by atoms with van der Waals surface area (Å²) in [5.74, 6) is -0.0299. The van der Waals surface area contributed by atoms with E-state index in [1.807, 2.05) is 24.3 Å². The highest BCUT2D eigenvalue weighted by molar-refractivity contribution is 6.04. The molecule has 0 heterocycles. The molecule has 3 N–H and O–H groups in total. The van der Waals surface area contributed by atoms with Crippen molar-refractivity contribution in [3.63, 3.8) is 0 Å². The summed E-state index contributed by atoms with van der Waals surface area (Å²) in [4.78, 5) is 12.1. The predicted octanol–water partition coefficient (Wildman–Crippen LogP) is 4.39. The van der Waals surface area contributed by atoms with Gasteiger partial charge in [-0.2, -0.15) is 0 Å². The van der Waals surface area contributed by atoms with Crippen molar-refractivity contribution in [3.8, 4) is 5.75 Å². The molecule has 0 aliphatic heterocycles. The van der Waals surface area contributed by atoms with Crippen LogP contribution in [0.2, 0.25) is 0 Å². The molecule has 23 heavy (non-hydrogen) atoms. The summed E-state index contributed by atoms with van der Waals surface area (Å²) in [5, 5.41) is 15.7. The lowest BCUT2D eigenvalue weighted by molar-refractivity contribution is 0.102. The Morgan fingerprint density at radius 3 is 2.13 bits per heavy atom. The van der Waals surface area contributed by atoms with Gasteiger partial charge in [0.15, 0.2) is 0 Å². The van der Waals surface area contributed by atoms with E-state index in [9.17, 15) is 9.90 Å². The average Bonchev–Trinajstić information content (AvgIpc) is 2.58. The largest absolute Gasteiger partial charge is 0.508 e. The van der Waals surface area contributed by atoms with Gasteiger partial charge >= 0.3 is 0 Å². The molecule has 4 nitrogen and oxygen atoms in total. The van der Waals surface area contributed by atoms with Gasteiger partial charge in [0.25, 0.3) is 5.91 Å². The summed E-state index contributed by atoms with van der Waals surface area (Å²) in [6.45, 7) is 0. The van der Waals surface area contributed by atoms with Crippen LogP contribution in [0.5, 0.6) is 5.75 Å². The van der Waals surface area contributed by atoms with E-state index in [2.05, 4.69) is 10.6 Å². The van der Waals surface area contributed by atoms with Crippen molar-refractivity contribution in [2.45, 2.75) is 38.1 Å². The zero-order valence-electron chi connectivity index (χ0n) is 13.1. The van der Waals surface area contributed by atoms with Gasteiger partial charge < -0.3 is 15.7 Å². The van der Waals surface area contributed by atoms with E-state index in [1.165, 1.54) is 44.2 Å². The van der Waals surface area contributed by atoms with Crippen LogP contribution in [-0.2, 0) is 0 Å². The van der Waals surface area contributed by atoms with E-state index < -0.39 is 0 Å². The Kier molecular flexibility index (Phi) is 4.81. The van der Waals surface area contributed by atoms with Crippen LogP contribution in [0.3, 0.4) is 0 Å². The minimum atomic E-state index is -0.182. The van der Waals surface area contributed by atoms with Crippen LogP contribution in [0.15, 0.2) is 48.5 Å². The number of anilines is 2. The van der Waals surface area contributed by atoms with E-state index in [4.69, 9.17) is 0 Å². The highest BCUT2D eigenvalue weighted by Crippen LogP contribution is 2.22. The lowest BCUT2D eigenvalue weighted by atomic mass is 9.95. The highest BCUT2D eigenvalue weighted by Gasteiger charge is 2.12. The first-order valence-corrected chi connectivity index (χ1v) is 8.18. The lowest BCUT2D eigenvalue weighted by Crippen LogP contribution is -2.22. The number of carbonyl (C=O) groups is 1. The normalized spacial score (nSPS) is 15.1. The molecular formula is C19H22N2O2. The van der Waals surface area contributed by atoms with Crippen LogP contribution in [0, 0.1) is 0 Å². The van der Waals surface area contributed by atoms with Crippen molar-refractivity contribution in [2.75, 3.05) is 10.6 Å². The molecule has 1 saturated carbocycles. The summed E-state index contributed by atoms with van der Waals surface area (Å²) in [7, 11) is 0. The van der Waals surface area contributed by atoms with Crippen molar-refractivity contribution in [3.05, 3.63) is 54.1 Å². The third-order valence-electron chi connectivity index (χ3n) is 4.25. The number of amides is 1. The Labute approximate surface area is 136 Å². The summed E-state index contributed by atoms with van der Waals surface area (Å²) in [6.07, 6.45) is 6.43. The number of phenols is 1. The molecule has 4 heteroatoms. The monoisotopic (exact) mass is 310 g/mol. The quantitative estimate of drug-likeness (QED) is 0.785. The second-order valence-electron chi connectivity index (χ2n) is 6.06. The third-order valence-corrected chi connectivity index (χ3v) is 4.25. The van der Waals surface area contributed by atoms with Gasteiger partial charge in [-0.25, -0.2) is 0 Å². The molecule has 1 aliphatic carbocycles. The number of phenolic OH excluding ortho intramolecular Hbond substituents is 1. The fraction of sp³-hybridized carbons (Fsp3) is 0.316. The Bertz CT molecular complexity index is 644. The Hall–Kier alpha value is -2.49. The molecule has 120 valence electrons. The van der Waals surface area contributed by atoms with Gasteiger partial charge in [0.05, 0.1) is 0 Å². The Morgan fingerprint density at radius 1 is 0.870 bits per heavy atom. The van der Waals surface area contributed by atoms with Crippen molar-refractivity contribution in [2.24, 2.45) is 0 Å². The number of hydrogen-bond acceptors (Lipinski definition) is 3. The number of nitrogens with one attached hydrogen (secondary N) is 2. The van der Waals surface area contributed by atoms with Crippen LogP contribution in [0.1, 0.15) is 42.5 Å². The molecule has 0 bridgehead atoms. The molecule has 3 rings (SSSR count). The SMILES string of the molecule is O=C(Nc1ccc(NC2CCCCC2)cc1)c1ccc(O)cc1. The molecule has 1 fully saturated rings. The standard InChI is InChI=1S/C19H22N2O2/c22-18-12-6-14(7-13-18)19(23)21-17-10-8-16(9-11-17)20-15-4-2-1-3-5-15/h6-13,15,20,22H,1-5H2,(H,21,23). The molecular weight excluding hydrogens is 288 g/mol. The first kappa shape index (κ1) is 15.4. The van der Waals surface area contributed by atoms with Crippen LogP contribution in [0.4, 0.5) is 11.4 Å². The smallest absolute Gasteiger partial charge is 0.255 e. The number of rotatable bonds is 4. The van der Waals surface area contributed by atoms with Gasteiger partial charge in [-0.15, -0.1) is 0 Å². The van der Waals surface area contributed by atoms with Gasteiger partial charge in [-0.1, -0.05) is 19.3 Å². The van der Waals surface area contributed by atoms with Crippen molar-refractivity contribution in [1.29, 1.82) is 0 Å². The maximum absolute atomic E-state index is 12.1. The van der Waals surface area contributed by atoms with Crippen LogP contribution in [0.25, 0.3) is 0 Å². The fourth-order valence-electron chi connectivity index (χ4n) is 2.95. The van der Waals surface area contributed by atoms with Crippen LogP contribution >= 0.6 is 0 Å². The summed E-state index contributed by atoms with van der Waals surface area (Å²) < 4.78 is 0. The highest BCUT2D eigenvalue weighted by atomic mass is 16.3. The van der Waals surface area contributed by atoms with E-state index in [0.29, 0.717) is 11.6 Å². The van der Waals surface area contributed by atoms with Gasteiger partial charge in [-0.05, 0) is 61.4 Å². The summed E-state index contributed by atoms with van der Waals surface area (Å²) in [5.41, 5.74) is 2.38. The van der Waals surface area contributed by atoms with Crippen LogP contribution in [-0.4, -0.2) is 17.1 Å². The molecule has 0 atom stereocenters. The molecule has 0 radical (unpaired) electrons. The zero-order valence-corrected chi connectivity index (χ0v) is 13.1. The molecule has 0 saturated heterocycles. The molecule has 0 spiro atoms. The molecule has 1 aliphatic rings. The molecule has 2 aromatic rings. The minimum absolute atomic E-state index is 0.152. The van der Waals surface area contributed by atoms with Gasteiger partial charge in [-0.3, -0.25) is 4.79 Å². The number of hydrogen-bond donors (Lipinski definition) is 3. The van der Waals surface area contributed by atoms with E-state index >= 15 is 0 Å². The first-order chi connectivity index (χ1) is 11.2.